The van der Waals surface area contributed by atoms with E-state index in [4.69, 9.17) is 0 Å². The van der Waals surface area contributed by atoms with Gasteiger partial charge < -0.3 is 9.90 Å². The monoisotopic (exact) mass is 561 g/mol. The van der Waals surface area contributed by atoms with Crippen molar-refractivity contribution in [1.29, 1.82) is 5.26 Å². The zero-order valence-electron chi connectivity index (χ0n) is 20.4. The third kappa shape index (κ3) is 5.42. The molecule has 3 aromatic rings. The number of aromatic nitrogens is 3. The fourth-order valence-corrected chi connectivity index (χ4v) is 4.97. The molecule has 1 aliphatic heterocycles. The van der Waals surface area contributed by atoms with E-state index in [0.29, 0.717) is 5.56 Å². The van der Waals surface area contributed by atoms with Crippen molar-refractivity contribution in [3.05, 3.63) is 86.5 Å². The second-order valence-electron chi connectivity index (χ2n) is 8.71. The second-order valence-corrected chi connectivity index (χ2v) is 10.5. The summed E-state index contributed by atoms with van der Waals surface area (Å²) in [4.78, 5) is 26.6. The molecule has 2 heterocycles. The first-order chi connectivity index (χ1) is 18.2. The Bertz CT molecular complexity index is 1700. The molecule has 204 valence electrons. The van der Waals surface area contributed by atoms with Gasteiger partial charge in [0, 0.05) is 23.5 Å². The molecule has 0 fully saturated rings. The van der Waals surface area contributed by atoms with Gasteiger partial charge in [0.05, 0.1) is 35.5 Å². The number of nitriles is 1. The molecule has 0 amide bonds. The number of H-pyrrole nitrogens is 1. The highest BCUT2D eigenvalue weighted by Crippen LogP contribution is 2.43. The lowest BCUT2D eigenvalue weighted by atomic mass is 9.89. The molecule has 0 spiro atoms. The molecule has 4 rings (SSSR count). The minimum absolute atomic E-state index is 0.0209. The smallest absolute Gasteiger partial charge is 0.416 e. The number of aliphatic carboxylic acids is 1. The fraction of sp³-hybridized carbons (Fsp3) is 0.250. The number of anilines is 2. The molecule has 0 unspecified atom stereocenters. The topological polar surface area (TPSA) is 164 Å². The summed E-state index contributed by atoms with van der Waals surface area (Å²) in [6, 6.07) is 8.94. The molecule has 0 saturated carbocycles. The van der Waals surface area contributed by atoms with Crippen LogP contribution in [0, 0.1) is 11.3 Å². The zero-order chi connectivity index (χ0) is 28.7. The van der Waals surface area contributed by atoms with Crippen molar-refractivity contribution in [1.82, 2.24) is 19.5 Å². The molecule has 2 aromatic carbocycles. The number of alkyl halides is 3. The van der Waals surface area contributed by atoms with Crippen LogP contribution >= 0.6 is 0 Å². The Kier molecular flexibility index (Phi) is 7.11. The van der Waals surface area contributed by atoms with Gasteiger partial charge >= 0.3 is 11.9 Å². The molecule has 2 N–H and O–H groups in total. The first-order valence-electron chi connectivity index (χ1n) is 11.3. The van der Waals surface area contributed by atoms with Crippen LogP contribution < -0.4 is 20.4 Å². The Morgan fingerprint density at radius 1 is 1.26 bits per heavy atom. The van der Waals surface area contributed by atoms with E-state index in [1.54, 1.807) is 0 Å². The van der Waals surface area contributed by atoms with Crippen LogP contribution in [0.3, 0.4) is 0 Å². The van der Waals surface area contributed by atoms with Crippen LogP contribution in [0.25, 0.3) is 0 Å². The van der Waals surface area contributed by atoms with Gasteiger partial charge in [-0.25, -0.2) is 27.6 Å². The number of hydrogen-bond donors (Lipinski definition) is 2. The summed E-state index contributed by atoms with van der Waals surface area (Å²) < 4.78 is 66.7. The van der Waals surface area contributed by atoms with Gasteiger partial charge in [0.15, 0.2) is 0 Å². The number of aromatic amines is 1. The van der Waals surface area contributed by atoms with Crippen molar-refractivity contribution in [2.24, 2.45) is 0 Å². The number of rotatable bonds is 7. The highest BCUT2D eigenvalue weighted by molar-refractivity contribution is 7.88. The summed E-state index contributed by atoms with van der Waals surface area (Å²) in [6.45, 7) is 1.25. The van der Waals surface area contributed by atoms with Crippen LogP contribution in [-0.4, -0.2) is 42.0 Å². The predicted molar refractivity (Wildman–Crippen MR) is 130 cm³/mol. The van der Waals surface area contributed by atoms with Gasteiger partial charge in [-0.15, -0.1) is 5.10 Å². The Labute approximate surface area is 219 Å². The Balaban J connectivity index is 1.95. The number of benzene rings is 2. The quantitative estimate of drug-likeness (QED) is 0.436. The third-order valence-corrected chi connectivity index (χ3v) is 6.85. The number of sulfonamides is 1. The van der Waals surface area contributed by atoms with Crippen LogP contribution in [-0.2, 0) is 27.4 Å². The zero-order valence-corrected chi connectivity index (χ0v) is 21.2. The highest BCUT2D eigenvalue weighted by Gasteiger charge is 2.38. The van der Waals surface area contributed by atoms with E-state index in [1.807, 2.05) is 6.07 Å². The van der Waals surface area contributed by atoms with Crippen molar-refractivity contribution < 1.29 is 31.5 Å². The van der Waals surface area contributed by atoms with E-state index in [9.17, 15) is 41.5 Å². The number of nitrogens with one attached hydrogen (secondary N) is 2. The van der Waals surface area contributed by atoms with E-state index < -0.39 is 45.0 Å². The minimum atomic E-state index is -4.69. The molecule has 0 radical (unpaired) electrons. The van der Waals surface area contributed by atoms with Crippen molar-refractivity contribution >= 4 is 27.6 Å². The first-order valence-corrected chi connectivity index (χ1v) is 13.2. The molecular formula is C24H20F3N6O5S-. The molecule has 0 aliphatic carbocycles. The molecule has 0 saturated heterocycles. The summed E-state index contributed by atoms with van der Waals surface area (Å²) in [5, 5.41) is 28.1. The third-order valence-electron chi connectivity index (χ3n) is 6.12. The number of nitrogens with zero attached hydrogens (tertiary/aromatic N) is 4. The normalized spacial score (nSPS) is 15.7. The van der Waals surface area contributed by atoms with Crippen LogP contribution in [0.15, 0.2) is 58.5 Å². The molecule has 11 nitrogen and oxygen atoms in total. The van der Waals surface area contributed by atoms with Crippen LogP contribution in [0.1, 0.15) is 35.2 Å². The number of carboxylic acid groups (broad SMARTS) is 1. The minimum Gasteiger partial charge on any atom is -0.545 e. The van der Waals surface area contributed by atoms with Crippen molar-refractivity contribution in [2.45, 2.75) is 25.6 Å². The average molecular weight is 562 g/mol. The number of fused-ring (bicyclic) bond motifs is 1. The lowest BCUT2D eigenvalue weighted by Crippen LogP contribution is -2.41. The predicted octanol–water partition coefficient (Wildman–Crippen LogP) is 1.32. The number of carbonyl (C=O) groups excluding carboxylic acids is 1. The summed E-state index contributed by atoms with van der Waals surface area (Å²) in [7, 11) is -3.56. The summed E-state index contributed by atoms with van der Waals surface area (Å²) >= 11 is 0. The molecular weight excluding hydrogens is 541 g/mol. The maximum Gasteiger partial charge on any atom is 0.416 e. The highest BCUT2D eigenvalue weighted by atomic mass is 32.2. The van der Waals surface area contributed by atoms with Gasteiger partial charge in [-0.1, -0.05) is 12.1 Å². The number of hydrogen-bond acceptors (Lipinski definition) is 8. The summed E-state index contributed by atoms with van der Waals surface area (Å²) in [6.07, 6.45) is -3.71. The number of carbonyl (C=O) groups is 1. The van der Waals surface area contributed by atoms with Crippen LogP contribution in [0.2, 0.25) is 0 Å². The standard InChI is InChI=1S/C24H21F3N6O5S/c1-13-19(21(34)35)20(18-7-6-14(12-28)10-15(18)8-9-29-39(2,37)38)33-22(30-31-23(33)36)32(13)17-5-3-4-16(11-17)24(25,26)27/h3-7,10-11,20,29H,8-9H2,1-2H3,(H,31,36)(H,34,35)/p-1/t20-/m1/s1. The maximum atomic E-state index is 13.4. The largest absolute Gasteiger partial charge is 0.545 e. The lowest BCUT2D eigenvalue weighted by molar-refractivity contribution is -0.299. The number of allylic oxidation sites excluding steroid dienone is 1. The number of carboxylic acids is 1. The molecule has 15 heteroatoms. The van der Waals surface area contributed by atoms with Gasteiger partial charge in [0.25, 0.3) is 0 Å². The second kappa shape index (κ2) is 10.0. The van der Waals surface area contributed by atoms with E-state index in [0.717, 1.165) is 33.9 Å². The average Bonchev–Trinajstić information content (AvgIpc) is 3.22. The SMILES string of the molecule is CC1=C(C(=O)[O-])[C@@H](c2ccc(C#N)cc2CCNS(C)(=O)=O)n2c(n[nH]c2=O)N1c1cccc(C(F)(F)F)c1. The van der Waals surface area contributed by atoms with E-state index in [-0.39, 0.29) is 41.4 Å². The van der Waals surface area contributed by atoms with E-state index >= 15 is 0 Å². The Hall–Kier alpha value is -4.42. The number of halogens is 3. The first kappa shape index (κ1) is 27.6. The summed E-state index contributed by atoms with van der Waals surface area (Å²) in [5.41, 5.74) is -1.67. The van der Waals surface area contributed by atoms with Gasteiger partial charge in [0.2, 0.25) is 16.0 Å². The van der Waals surface area contributed by atoms with Crippen molar-refractivity contribution in [2.75, 3.05) is 17.7 Å². The maximum absolute atomic E-state index is 13.4. The Morgan fingerprint density at radius 3 is 2.59 bits per heavy atom. The van der Waals surface area contributed by atoms with Gasteiger partial charge in [-0.2, -0.15) is 18.4 Å². The van der Waals surface area contributed by atoms with Crippen LogP contribution in [0.5, 0.6) is 0 Å². The van der Waals surface area contributed by atoms with Gasteiger partial charge in [-0.05, 0) is 54.8 Å². The van der Waals surface area contributed by atoms with E-state index in [2.05, 4.69) is 14.9 Å². The Morgan fingerprint density at radius 2 is 1.97 bits per heavy atom. The molecule has 1 aliphatic rings. The summed E-state index contributed by atoms with van der Waals surface area (Å²) in [5.74, 6) is -1.88. The van der Waals surface area contributed by atoms with Gasteiger partial charge in [-0.3, -0.25) is 4.90 Å². The van der Waals surface area contributed by atoms with E-state index in [1.165, 1.54) is 31.2 Å². The molecule has 39 heavy (non-hydrogen) atoms. The molecule has 0 bridgehead atoms. The molecule has 1 atom stereocenters. The van der Waals surface area contributed by atoms with Gasteiger partial charge in [0.1, 0.15) is 0 Å². The van der Waals surface area contributed by atoms with Crippen molar-refractivity contribution in [3.63, 3.8) is 0 Å². The van der Waals surface area contributed by atoms with Crippen molar-refractivity contribution in [3.8, 4) is 6.07 Å². The van der Waals surface area contributed by atoms with Crippen LogP contribution in [0.4, 0.5) is 24.8 Å². The fourth-order valence-electron chi connectivity index (χ4n) is 4.50. The lowest BCUT2D eigenvalue weighted by Gasteiger charge is -2.37. The molecule has 1 aromatic heterocycles.